The van der Waals surface area contributed by atoms with Crippen molar-refractivity contribution in [2.24, 2.45) is 0 Å². The van der Waals surface area contributed by atoms with E-state index < -0.39 is 15.9 Å². The molecule has 3 saturated heterocycles. The Morgan fingerprint density at radius 1 is 1.07 bits per heavy atom. The molecule has 1 aromatic rings. The summed E-state index contributed by atoms with van der Waals surface area (Å²) in [5, 5.41) is 2.86. The summed E-state index contributed by atoms with van der Waals surface area (Å²) in [6.45, 7) is 2.32. The lowest BCUT2D eigenvalue weighted by Gasteiger charge is -2.28. The van der Waals surface area contributed by atoms with Crippen LogP contribution in [0.25, 0.3) is 0 Å². The summed E-state index contributed by atoms with van der Waals surface area (Å²) in [5.74, 6) is 0.423. The summed E-state index contributed by atoms with van der Waals surface area (Å²) < 4.78 is 29.7. The molecule has 0 saturated carbocycles. The van der Waals surface area contributed by atoms with Crippen LogP contribution in [0.15, 0.2) is 24.3 Å². The zero-order chi connectivity index (χ0) is 20.4. The number of likely N-dealkylation sites (tertiary alicyclic amines) is 1. The van der Waals surface area contributed by atoms with E-state index in [0.717, 1.165) is 44.6 Å². The third-order valence-electron chi connectivity index (χ3n) is 5.87. The Kier molecular flexibility index (Phi) is 5.78. The SMILES string of the molecule is O=C(COc1ccc(N2CCCC2=O)cc1)NC1CS(=O)(=O)CC1N1CCCC1. The summed E-state index contributed by atoms with van der Waals surface area (Å²) in [6.07, 6.45) is 3.58. The Morgan fingerprint density at radius 2 is 1.79 bits per heavy atom. The third kappa shape index (κ3) is 4.72. The lowest BCUT2D eigenvalue weighted by molar-refractivity contribution is -0.124. The number of anilines is 1. The van der Waals surface area contributed by atoms with Crippen LogP contribution in [0.4, 0.5) is 5.69 Å². The Balaban J connectivity index is 1.30. The summed E-state index contributed by atoms with van der Waals surface area (Å²) >= 11 is 0. The van der Waals surface area contributed by atoms with Gasteiger partial charge in [0.15, 0.2) is 16.4 Å². The van der Waals surface area contributed by atoms with Gasteiger partial charge < -0.3 is 15.0 Å². The fourth-order valence-corrected chi connectivity index (χ4v) is 6.39. The quantitative estimate of drug-likeness (QED) is 0.722. The fourth-order valence-electron chi connectivity index (χ4n) is 4.44. The molecule has 158 valence electrons. The first-order valence-electron chi connectivity index (χ1n) is 10.2. The van der Waals surface area contributed by atoms with Crippen LogP contribution in [0.1, 0.15) is 25.7 Å². The summed E-state index contributed by atoms with van der Waals surface area (Å²) in [4.78, 5) is 28.1. The van der Waals surface area contributed by atoms with E-state index in [-0.39, 0.29) is 36.0 Å². The highest BCUT2D eigenvalue weighted by atomic mass is 32.2. The normalized spacial score (nSPS) is 26.8. The molecule has 0 bridgehead atoms. The maximum atomic E-state index is 12.4. The molecular weight excluding hydrogens is 394 g/mol. The predicted molar refractivity (Wildman–Crippen MR) is 109 cm³/mol. The van der Waals surface area contributed by atoms with Crippen molar-refractivity contribution in [3.8, 4) is 5.75 Å². The number of ether oxygens (including phenoxy) is 1. The molecule has 0 aromatic heterocycles. The molecule has 3 heterocycles. The van der Waals surface area contributed by atoms with Crippen LogP contribution in [0.3, 0.4) is 0 Å². The summed E-state index contributed by atoms with van der Waals surface area (Å²) in [5.41, 5.74) is 0.828. The number of nitrogens with zero attached hydrogens (tertiary/aromatic N) is 2. The largest absolute Gasteiger partial charge is 0.484 e. The van der Waals surface area contributed by atoms with E-state index in [2.05, 4.69) is 10.2 Å². The van der Waals surface area contributed by atoms with Gasteiger partial charge in [-0.3, -0.25) is 14.5 Å². The number of rotatable bonds is 6. The molecular formula is C20H27N3O5S. The molecule has 29 heavy (non-hydrogen) atoms. The van der Waals surface area contributed by atoms with Crippen LogP contribution >= 0.6 is 0 Å². The second kappa shape index (κ2) is 8.31. The minimum absolute atomic E-state index is 0.0154. The van der Waals surface area contributed by atoms with Crippen molar-refractivity contribution < 1.29 is 22.7 Å². The highest BCUT2D eigenvalue weighted by Crippen LogP contribution is 2.24. The van der Waals surface area contributed by atoms with Gasteiger partial charge in [-0.05, 0) is 56.6 Å². The molecule has 0 spiro atoms. The molecule has 8 nitrogen and oxygen atoms in total. The lowest BCUT2D eigenvalue weighted by atomic mass is 10.1. The number of amides is 2. The molecule has 4 rings (SSSR count). The molecule has 3 aliphatic rings. The Hall–Kier alpha value is -2.13. The molecule has 3 aliphatic heterocycles. The van der Waals surface area contributed by atoms with E-state index in [1.54, 1.807) is 17.0 Å². The van der Waals surface area contributed by atoms with Crippen LogP contribution in [-0.2, 0) is 19.4 Å². The van der Waals surface area contributed by atoms with Crippen molar-refractivity contribution >= 4 is 27.3 Å². The maximum Gasteiger partial charge on any atom is 0.258 e. The minimum Gasteiger partial charge on any atom is -0.484 e. The van der Waals surface area contributed by atoms with Gasteiger partial charge in [-0.15, -0.1) is 0 Å². The Labute approximate surface area is 171 Å². The lowest BCUT2D eigenvalue weighted by Crippen LogP contribution is -2.51. The van der Waals surface area contributed by atoms with E-state index in [9.17, 15) is 18.0 Å². The van der Waals surface area contributed by atoms with Gasteiger partial charge >= 0.3 is 0 Å². The Bertz CT molecular complexity index is 865. The molecule has 3 fully saturated rings. The Morgan fingerprint density at radius 3 is 2.45 bits per heavy atom. The first-order valence-corrected chi connectivity index (χ1v) is 12.0. The van der Waals surface area contributed by atoms with Gasteiger partial charge in [0.1, 0.15) is 5.75 Å². The van der Waals surface area contributed by atoms with Crippen LogP contribution in [0, 0.1) is 0 Å². The summed E-state index contributed by atoms with van der Waals surface area (Å²) in [7, 11) is -3.14. The monoisotopic (exact) mass is 421 g/mol. The van der Waals surface area contributed by atoms with E-state index in [0.29, 0.717) is 12.2 Å². The van der Waals surface area contributed by atoms with Gasteiger partial charge in [0.05, 0.1) is 17.5 Å². The van der Waals surface area contributed by atoms with Gasteiger partial charge in [-0.2, -0.15) is 0 Å². The molecule has 2 atom stereocenters. The number of hydrogen-bond donors (Lipinski definition) is 1. The van der Waals surface area contributed by atoms with E-state index in [4.69, 9.17) is 4.74 Å². The van der Waals surface area contributed by atoms with Crippen LogP contribution in [-0.4, -0.2) is 75.0 Å². The highest BCUT2D eigenvalue weighted by Gasteiger charge is 2.42. The molecule has 1 aromatic carbocycles. The zero-order valence-corrected chi connectivity index (χ0v) is 17.2. The van der Waals surface area contributed by atoms with Gasteiger partial charge in [-0.25, -0.2) is 8.42 Å². The zero-order valence-electron chi connectivity index (χ0n) is 16.4. The van der Waals surface area contributed by atoms with E-state index in [1.165, 1.54) is 0 Å². The van der Waals surface area contributed by atoms with Gasteiger partial charge in [-0.1, -0.05) is 0 Å². The van der Waals surface area contributed by atoms with E-state index >= 15 is 0 Å². The van der Waals surface area contributed by atoms with Crippen molar-refractivity contribution in [3.63, 3.8) is 0 Å². The first-order chi connectivity index (χ1) is 13.9. The van der Waals surface area contributed by atoms with E-state index in [1.807, 2.05) is 12.1 Å². The molecule has 1 N–H and O–H groups in total. The highest BCUT2D eigenvalue weighted by molar-refractivity contribution is 7.91. The topological polar surface area (TPSA) is 96.0 Å². The molecule has 2 unspecified atom stereocenters. The standard InChI is InChI=1S/C20H27N3O5S/c24-19(21-17-13-29(26,27)14-18(17)22-9-1-2-10-22)12-28-16-7-5-15(6-8-16)23-11-3-4-20(23)25/h5-8,17-18H,1-4,9-14H2,(H,21,24). The number of benzene rings is 1. The second-order valence-electron chi connectivity index (χ2n) is 7.99. The number of hydrogen-bond acceptors (Lipinski definition) is 6. The fraction of sp³-hybridized carbons (Fsp3) is 0.600. The van der Waals surface area contributed by atoms with Crippen molar-refractivity contribution in [2.75, 3.05) is 42.6 Å². The first kappa shape index (κ1) is 20.2. The third-order valence-corrected chi connectivity index (χ3v) is 7.59. The number of sulfone groups is 1. The number of carbonyl (C=O) groups excluding carboxylic acids is 2. The van der Waals surface area contributed by atoms with Crippen LogP contribution in [0.5, 0.6) is 5.75 Å². The average molecular weight is 422 g/mol. The van der Waals surface area contributed by atoms with Crippen LogP contribution < -0.4 is 15.0 Å². The van der Waals surface area contributed by atoms with Crippen molar-refractivity contribution in [2.45, 2.75) is 37.8 Å². The minimum atomic E-state index is -3.14. The predicted octanol–water partition coefficient (Wildman–Crippen LogP) is 0.570. The molecule has 0 aliphatic carbocycles. The van der Waals surface area contributed by atoms with Crippen molar-refractivity contribution in [1.29, 1.82) is 0 Å². The second-order valence-corrected chi connectivity index (χ2v) is 10.1. The summed E-state index contributed by atoms with van der Waals surface area (Å²) in [6, 6.07) is 6.55. The van der Waals surface area contributed by atoms with Gasteiger partial charge in [0, 0.05) is 24.7 Å². The van der Waals surface area contributed by atoms with Gasteiger partial charge in [0.25, 0.3) is 5.91 Å². The molecule has 9 heteroatoms. The number of nitrogens with one attached hydrogen (secondary N) is 1. The van der Waals surface area contributed by atoms with Gasteiger partial charge in [0.2, 0.25) is 5.91 Å². The smallest absolute Gasteiger partial charge is 0.258 e. The van der Waals surface area contributed by atoms with Crippen molar-refractivity contribution in [1.82, 2.24) is 10.2 Å². The number of carbonyl (C=O) groups is 2. The van der Waals surface area contributed by atoms with Crippen LogP contribution in [0.2, 0.25) is 0 Å². The van der Waals surface area contributed by atoms with Crippen molar-refractivity contribution in [3.05, 3.63) is 24.3 Å². The molecule has 2 amide bonds. The molecule has 0 radical (unpaired) electrons. The maximum absolute atomic E-state index is 12.4. The average Bonchev–Trinajstić information content (AvgIpc) is 3.41.